The number of benzene rings is 2. The molecule has 0 radical (unpaired) electrons. The topological polar surface area (TPSA) is 49.6 Å². The van der Waals surface area contributed by atoms with Gasteiger partial charge in [0.2, 0.25) is 5.91 Å². The molecular weight excluding hydrogens is 338 g/mol. The predicted molar refractivity (Wildman–Crippen MR) is 107 cm³/mol. The summed E-state index contributed by atoms with van der Waals surface area (Å²) in [4.78, 5) is 21.3. The van der Waals surface area contributed by atoms with Crippen LogP contribution in [0.3, 0.4) is 0 Å². The average Bonchev–Trinajstić information content (AvgIpc) is 3.05. The van der Waals surface area contributed by atoms with E-state index in [1.165, 1.54) is 11.3 Å². The molecule has 1 saturated heterocycles. The Labute approximate surface area is 159 Å². The van der Waals surface area contributed by atoms with Gasteiger partial charge >= 0.3 is 0 Å². The molecule has 1 aromatic heterocycles. The number of fused-ring (bicyclic) bond motifs is 1. The molecule has 5 nitrogen and oxygen atoms in total. The molecule has 2 aromatic carbocycles. The fourth-order valence-corrected chi connectivity index (χ4v) is 3.69. The Hall–Kier alpha value is -2.82. The van der Waals surface area contributed by atoms with Gasteiger partial charge in [-0.2, -0.15) is 0 Å². The summed E-state index contributed by atoms with van der Waals surface area (Å²) in [5, 5.41) is 0. The third-order valence-corrected chi connectivity index (χ3v) is 5.19. The van der Waals surface area contributed by atoms with Crippen LogP contribution in [0.25, 0.3) is 11.1 Å². The van der Waals surface area contributed by atoms with Gasteiger partial charge < -0.3 is 14.2 Å². The molecule has 1 amide bonds. The molecule has 2 heterocycles. The number of oxazole rings is 1. The monoisotopic (exact) mass is 363 g/mol. The smallest absolute Gasteiger partial charge is 0.223 e. The number of aromatic nitrogens is 1. The van der Waals surface area contributed by atoms with E-state index in [1.807, 2.05) is 30.0 Å². The lowest BCUT2D eigenvalue weighted by Crippen LogP contribution is -2.48. The molecule has 5 heteroatoms. The second kappa shape index (κ2) is 7.43. The van der Waals surface area contributed by atoms with E-state index < -0.39 is 0 Å². The van der Waals surface area contributed by atoms with E-state index >= 15 is 0 Å². The van der Waals surface area contributed by atoms with Gasteiger partial charge in [-0.1, -0.05) is 18.2 Å². The minimum absolute atomic E-state index is 0.232. The summed E-state index contributed by atoms with van der Waals surface area (Å²) in [7, 11) is 0. The van der Waals surface area contributed by atoms with E-state index in [4.69, 9.17) is 4.42 Å². The Kier molecular flexibility index (Phi) is 4.84. The number of aryl methyl sites for hydroxylation is 3. The first-order valence-electron chi connectivity index (χ1n) is 9.54. The molecule has 0 aliphatic carbocycles. The quantitative estimate of drug-likeness (QED) is 0.709. The van der Waals surface area contributed by atoms with Gasteiger partial charge in [0, 0.05) is 45.2 Å². The fourth-order valence-electron chi connectivity index (χ4n) is 3.69. The first-order valence-corrected chi connectivity index (χ1v) is 9.54. The molecule has 4 rings (SSSR count). The predicted octanol–water partition coefficient (Wildman–Crippen LogP) is 3.73. The fraction of sp³-hybridized carbons (Fsp3) is 0.364. The van der Waals surface area contributed by atoms with Crippen LogP contribution in [-0.4, -0.2) is 42.0 Å². The van der Waals surface area contributed by atoms with Crippen molar-refractivity contribution in [2.45, 2.75) is 26.7 Å². The third-order valence-electron chi connectivity index (χ3n) is 5.19. The zero-order valence-electron chi connectivity index (χ0n) is 15.9. The molecule has 27 heavy (non-hydrogen) atoms. The number of carbonyl (C=O) groups is 1. The molecule has 1 aliphatic heterocycles. The summed E-state index contributed by atoms with van der Waals surface area (Å²) >= 11 is 0. The number of hydrogen-bond acceptors (Lipinski definition) is 4. The Morgan fingerprint density at radius 2 is 1.89 bits per heavy atom. The van der Waals surface area contributed by atoms with E-state index in [9.17, 15) is 4.79 Å². The zero-order valence-corrected chi connectivity index (χ0v) is 15.9. The normalized spacial score (nSPS) is 14.7. The third kappa shape index (κ3) is 3.97. The van der Waals surface area contributed by atoms with Crippen LogP contribution in [0.1, 0.15) is 23.4 Å². The summed E-state index contributed by atoms with van der Waals surface area (Å²) in [5.74, 6) is 0.903. The maximum Gasteiger partial charge on any atom is 0.223 e. The highest BCUT2D eigenvalue weighted by atomic mass is 16.3. The van der Waals surface area contributed by atoms with Gasteiger partial charge in [0.15, 0.2) is 11.5 Å². The first-order chi connectivity index (χ1) is 13.1. The van der Waals surface area contributed by atoms with E-state index in [2.05, 4.69) is 41.1 Å². The number of amides is 1. The van der Waals surface area contributed by atoms with E-state index in [0.717, 1.165) is 49.3 Å². The lowest BCUT2D eigenvalue weighted by molar-refractivity contribution is -0.131. The van der Waals surface area contributed by atoms with Crippen molar-refractivity contribution in [1.29, 1.82) is 0 Å². The minimum Gasteiger partial charge on any atom is -0.441 e. The second-order valence-electron chi connectivity index (χ2n) is 7.24. The van der Waals surface area contributed by atoms with Gasteiger partial charge in [-0.05, 0) is 48.7 Å². The maximum absolute atomic E-state index is 12.6. The molecule has 3 aromatic rings. The van der Waals surface area contributed by atoms with Gasteiger partial charge in [0.25, 0.3) is 0 Å². The van der Waals surface area contributed by atoms with Crippen molar-refractivity contribution in [2.24, 2.45) is 0 Å². The van der Waals surface area contributed by atoms with Gasteiger partial charge in [-0.3, -0.25) is 4.79 Å². The van der Waals surface area contributed by atoms with Crippen molar-refractivity contribution < 1.29 is 9.21 Å². The summed E-state index contributed by atoms with van der Waals surface area (Å²) in [6.45, 7) is 7.31. The van der Waals surface area contributed by atoms with E-state index in [-0.39, 0.29) is 5.91 Å². The molecule has 0 spiro atoms. The van der Waals surface area contributed by atoms with Crippen LogP contribution in [0.2, 0.25) is 0 Å². The average molecular weight is 363 g/mol. The van der Waals surface area contributed by atoms with Crippen molar-refractivity contribution in [3.05, 3.63) is 59.5 Å². The number of hydrogen-bond donors (Lipinski definition) is 0. The molecule has 1 aliphatic rings. The standard InChI is InChI=1S/C22H25N3O2/c1-16-4-3-5-19(14-16)24-10-12-25(13-11-24)22(26)9-7-18-6-8-21-20(15-18)23-17(2)27-21/h3-6,8,14-15H,7,9-13H2,1-2H3. The van der Waals surface area contributed by atoms with Crippen LogP contribution in [-0.2, 0) is 11.2 Å². The number of piperazine rings is 1. The van der Waals surface area contributed by atoms with Gasteiger partial charge in [-0.25, -0.2) is 4.98 Å². The van der Waals surface area contributed by atoms with Crippen molar-refractivity contribution in [3.63, 3.8) is 0 Å². The second-order valence-corrected chi connectivity index (χ2v) is 7.24. The van der Waals surface area contributed by atoms with Gasteiger partial charge in [0.1, 0.15) is 5.52 Å². The SMILES string of the molecule is Cc1cccc(N2CCN(C(=O)CCc3ccc4oc(C)nc4c3)CC2)c1. The van der Waals surface area contributed by atoms with Crippen LogP contribution in [0.4, 0.5) is 5.69 Å². The highest BCUT2D eigenvalue weighted by Gasteiger charge is 2.21. The van der Waals surface area contributed by atoms with Crippen molar-refractivity contribution >= 4 is 22.7 Å². The molecule has 140 valence electrons. The molecule has 0 bridgehead atoms. The van der Waals surface area contributed by atoms with Crippen LogP contribution in [0.5, 0.6) is 0 Å². The van der Waals surface area contributed by atoms with Crippen LogP contribution < -0.4 is 4.90 Å². The molecular formula is C22H25N3O2. The Balaban J connectivity index is 1.31. The van der Waals surface area contributed by atoms with Gasteiger partial charge in [0.05, 0.1) is 0 Å². The van der Waals surface area contributed by atoms with Gasteiger partial charge in [-0.15, -0.1) is 0 Å². The van der Waals surface area contributed by atoms with Crippen LogP contribution in [0, 0.1) is 13.8 Å². The van der Waals surface area contributed by atoms with Crippen molar-refractivity contribution in [2.75, 3.05) is 31.1 Å². The highest BCUT2D eigenvalue weighted by Crippen LogP contribution is 2.20. The largest absolute Gasteiger partial charge is 0.441 e. The lowest BCUT2D eigenvalue weighted by atomic mass is 10.1. The molecule has 0 atom stereocenters. The minimum atomic E-state index is 0.232. The number of rotatable bonds is 4. The Morgan fingerprint density at radius 1 is 1.07 bits per heavy atom. The maximum atomic E-state index is 12.6. The summed E-state index contributed by atoms with van der Waals surface area (Å²) < 4.78 is 5.51. The Morgan fingerprint density at radius 3 is 2.67 bits per heavy atom. The molecule has 0 saturated carbocycles. The summed E-state index contributed by atoms with van der Waals surface area (Å²) in [6, 6.07) is 14.5. The van der Waals surface area contributed by atoms with E-state index in [1.54, 1.807) is 0 Å². The van der Waals surface area contributed by atoms with Crippen molar-refractivity contribution in [1.82, 2.24) is 9.88 Å². The molecule has 0 N–H and O–H groups in total. The lowest BCUT2D eigenvalue weighted by Gasteiger charge is -2.36. The number of nitrogens with zero attached hydrogens (tertiary/aromatic N) is 3. The molecule has 0 unspecified atom stereocenters. The number of carbonyl (C=O) groups excluding carboxylic acids is 1. The van der Waals surface area contributed by atoms with Crippen LogP contribution in [0.15, 0.2) is 46.9 Å². The van der Waals surface area contributed by atoms with Crippen molar-refractivity contribution in [3.8, 4) is 0 Å². The van der Waals surface area contributed by atoms with Crippen LogP contribution >= 0.6 is 0 Å². The van der Waals surface area contributed by atoms with E-state index in [0.29, 0.717) is 12.3 Å². The zero-order chi connectivity index (χ0) is 18.8. The first kappa shape index (κ1) is 17.6. The highest BCUT2D eigenvalue weighted by molar-refractivity contribution is 5.77. The molecule has 1 fully saturated rings. The number of anilines is 1. The summed E-state index contributed by atoms with van der Waals surface area (Å²) in [6.07, 6.45) is 1.27. The summed E-state index contributed by atoms with van der Waals surface area (Å²) in [5.41, 5.74) is 5.31. The Bertz CT molecular complexity index is 955.